The van der Waals surface area contributed by atoms with Crippen LogP contribution in [0.25, 0.3) is 0 Å². The normalized spacial score (nSPS) is 18.9. The van der Waals surface area contributed by atoms with Crippen LogP contribution in [-0.4, -0.2) is 75.2 Å². The van der Waals surface area contributed by atoms with E-state index < -0.39 is 0 Å². The quantitative estimate of drug-likeness (QED) is 0.370. The second kappa shape index (κ2) is 12.4. The van der Waals surface area contributed by atoms with E-state index in [4.69, 9.17) is 0 Å². The van der Waals surface area contributed by atoms with Crippen molar-refractivity contribution in [3.05, 3.63) is 0 Å². The number of aliphatic imine (C=N–C) groups is 1. The third-order valence-corrected chi connectivity index (χ3v) is 3.74. The molecule has 0 radical (unpaired) electrons. The van der Waals surface area contributed by atoms with Gasteiger partial charge in [0.15, 0.2) is 5.96 Å². The summed E-state index contributed by atoms with van der Waals surface area (Å²) in [5.74, 6) is 2.19. The summed E-state index contributed by atoms with van der Waals surface area (Å²) >= 11 is 0. The third kappa shape index (κ3) is 9.84. The zero-order chi connectivity index (χ0) is 15.7. The van der Waals surface area contributed by atoms with Crippen LogP contribution in [0.3, 0.4) is 0 Å². The Morgan fingerprint density at radius 2 is 1.73 bits per heavy atom. The minimum Gasteiger partial charge on any atom is -0.357 e. The maximum Gasteiger partial charge on any atom is 0.191 e. The first kappa shape index (κ1) is 21.9. The summed E-state index contributed by atoms with van der Waals surface area (Å²) in [5.41, 5.74) is 0. The zero-order valence-electron chi connectivity index (χ0n) is 15.1. The average Bonchev–Trinajstić information content (AvgIpc) is 2.44. The van der Waals surface area contributed by atoms with Gasteiger partial charge in [0, 0.05) is 52.4 Å². The van der Waals surface area contributed by atoms with Gasteiger partial charge < -0.3 is 20.4 Å². The molecule has 6 heteroatoms. The maximum atomic E-state index is 4.62. The monoisotopic (exact) mass is 425 g/mol. The van der Waals surface area contributed by atoms with E-state index in [9.17, 15) is 0 Å². The molecule has 0 aliphatic carbocycles. The molecular weight excluding hydrogens is 389 g/mol. The summed E-state index contributed by atoms with van der Waals surface area (Å²) in [7, 11) is 2.20. The molecule has 22 heavy (non-hydrogen) atoms. The van der Waals surface area contributed by atoms with Gasteiger partial charge in [-0.2, -0.15) is 0 Å². The van der Waals surface area contributed by atoms with Crippen LogP contribution in [0.5, 0.6) is 0 Å². The van der Waals surface area contributed by atoms with Crippen molar-refractivity contribution in [3.63, 3.8) is 0 Å². The Morgan fingerprint density at radius 3 is 2.27 bits per heavy atom. The number of piperazine rings is 1. The Balaban J connectivity index is 0.00000441. The van der Waals surface area contributed by atoms with Crippen molar-refractivity contribution in [2.45, 2.75) is 27.7 Å². The first-order valence-corrected chi connectivity index (χ1v) is 8.44. The van der Waals surface area contributed by atoms with Gasteiger partial charge in [-0.3, -0.25) is 4.99 Å². The minimum absolute atomic E-state index is 0. The van der Waals surface area contributed by atoms with Gasteiger partial charge in [0.05, 0.1) is 0 Å². The lowest BCUT2D eigenvalue weighted by Crippen LogP contribution is -2.47. The highest BCUT2D eigenvalue weighted by atomic mass is 127. The molecule has 132 valence electrons. The number of nitrogens with one attached hydrogen (secondary N) is 2. The number of hydrogen-bond acceptors (Lipinski definition) is 3. The standard InChI is InChI=1S/C16H35N5.HI/c1-6-17-16(18-11-14(2)3)19-12-15(4)13-21-9-7-20(5)8-10-21;/h14-15H,6-13H2,1-5H3,(H2,17,18,19);1H. The molecule has 0 aromatic heterocycles. The van der Waals surface area contributed by atoms with E-state index in [1.807, 2.05) is 0 Å². The van der Waals surface area contributed by atoms with E-state index in [0.717, 1.165) is 25.6 Å². The molecule has 2 N–H and O–H groups in total. The van der Waals surface area contributed by atoms with Gasteiger partial charge in [0.1, 0.15) is 0 Å². The molecule has 5 nitrogen and oxygen atoms in total. The molecule has 0 spiro atoms. The number of guanidine groups is 1. The van der Waals surface area contributed by atoms with Gasteiger partial charge in [-0.15, -0.1) is 24.0 Å². The van der Waals surface area contributed by atoms with Crippen molar-refractivity contribution in [1.82, 2.24) is 20.4 Å². The highest BCUT2D eigenvalue weighted by Gasteiger charge is 2.16. The van der Waals surface area contributed by atoms with Crippen molar-refractivity contribution >= 4 is 29.9 Å². The number of nitrogens with zero attached hydrogens (tertiary/aromatic N) is 3. The molecule has 0 saturated carbocycles. The van der Waals surface area contributed by atoms with Crippen LogP contribution < -0.4 is 10.6 Å². The summed E-state index contributed by atoms with van der Waals surface area (Å²) in [5, 5.41) is 6.80. The molecule has 1 heterocycles. The van der Waals surface area contributed by atoms with Crippen molar-refractivity contribution in [3.8, 4) is 0 Å². The number of likely N-dealkylation sites (N-methyl/N-ethyl adjacent to an activating group) is 1. The highest BCUT2D eigenvalue weighted by molar-refractivity contribution is 14.0. The lowest BCUT2D eigenvalue weighted by atomic mass is 10.1. The minimum atomic E-state index is 0. The Morgan fingerprint density at radius 1 is 1.09 bits per heavy atom. The van der Waals surface area contributed by atoms with Crippen molar-refractivity contribution in [1.29, 1.82) is 0 Å². The molecule has 1 atom stereocenters. The second-order valence-corrected chi connectivity index (χ2v) is 6.70. The number of rotatable bonds is 7. The van der Waals surface area contributed by atoms with E-state index in [1.165, 1.54) is 32.7 Å². The largest absolute Gasteiger partial charge is 0.357 e. The van der Waals surface area contributed by atoms with Crippen LogP contribution in [0.15, 0.2) is 4.99 Å². The summed E-state index contributed by atoms with van der Waals surface area (Å²) in [6.45, 7) is 17.5. The van der Waals surface area contributed by atoms with Gasteiger partial charge in [0.25, 0.3) is 0 Å². The van der Waals surface area contributed by atoms with E-state index >= 15 is 0 Å². The molecule has 1 aliphatic heterocycles. The van der Waals surface area contributed by atoms with E-state index in [0.29, 0.717) is 11.8 Å². The van der Waals surface area contributed by atoms with Crippen molar-refractivity contribution < 1.29 is 0 Å². The van der Waals surface area contributed by atoms with Gasteiger partial charge >= 0.3 is 0 Å². The van der Waals surface area contributed by atoms with Crippen LogP contribution in [0.1, 0.15) is 27.7 Å². The van der Waals surface area contributed by atoms with E-state index in [1.54, 1.807) is 0 Å². The second-order valence-electron chi connectivity index (χ2n) is 6.70. The molecule has 1 fully saturated rings. The van der Waals surface area contributed by atoms with Crippen LogP contribution in [0, 0.1) is 11.8 Å². The summed E-state index contributed by atoms with van der Waals surface area (Å²) in [6.07, 6.45) is 0. The van der Waals surface area contributed by atoms with Crippen molar-refractivity contribution in [2.75, 3.05) is 59.4 Å². The number of hydrogen-bond donors (Lipinski definition) is 2. The van der Waals surface area contributed by atoms with Crippen molar-refractivity contribution in [2.24, 2.45) is 16.8 Å². The van der Waals surface area contributed by atoms with Crippen LogP contribution in [-0.2, 0) is 0 Å². The van der Waals surface area contributed by atoms with Gasteiger partial charge in [-0.25, -0.2) is 0 Å². The fraction of sp³-hybridized carbons (Fsp3) is 0.938. The first-order chi connectivity index (χ1) is 10.0. The Labute approximate surface area is 154 Å². The molecular formula is C16H36IN5. The predicted molar refractivity (Wildman–Crippen MR) is 107 cm³/mol. The zero-order valence-corrected chi connectivity index (χ0v) is 17.4. The fourth-order valence-electron chi connectivity index (χ4n) is 2.42. The Bertz CT molecular complexity index is 301. The van der Waals surface area contributed by atoms with Gasteiger partial charge in [-0.1, -0.05) is 20.8 Å². The smallest absolute Gasteiger partial charge is 0.191 e. The van der Waals surface area contributed by atoms with Gasteiger partial charge in [-0.05, 0) is 25.8 Å². The van der Waals surface area contributed by atoms with E-state index in [-0.39, 0.29) is 24.0 Å². The van der Waals surface area contributed by atoms with E-state index in [2.05, 4.69) is 60.2 Å². The maximum absolute atomic E-state index is 4.62. The highest BCUT2D eigenvalue weighted by Crippen LogP contribution is 2.03. The Kier molecular flexibility index (Phi) is 12.3. The molecule has 1 unspecified atom stereocenters. The molecule has 0 bridgehead atoms. The molecule has 1 aliphatic rings. The molecule has 0 aromatic carbocycles. The topological polar surface area (TPSA) is 42.9 Å². The average molecular weight is 425 g/mol. The summed E-state index contributed by atoms with van der Waals surface area (Å²) in [6, 6.07) is 0. The third-order valence-electron chi connectivity index (χ3n) is 3.74. The van der Waals surface area contributed by atoms with Gasteiger partial charge in [0.2, 0.25) is 0 Å². The Hall–Kier alpha value is -0.0800. The predicted octanol–water partition coefficient (Wildman–Crippen LogP) is 1.70. The number of halogens is 1. The SMILES string of the molecule is CCNC(=NCC(C)C)NCC(C)CN1CCN(C)CC1.I. The lowest BCUT2D eigenvalue weighted by Gasteiger charge is -2.34. The fourth-order valence-corrected chi connectivity index (χ4v) is 2.42. The molecule has 0 amide bonds. The first-order valence-electron chi connectivity index (χ1n) is 8.44. The molecule has 1 rings (SSSR count). The summed E-state index contributed by atoms with van der Waals surface area (Å²) < 4.78 is 0. The van der Waals surface area contributed by atoms with Crippen LogP contribution >= 0.6 is 24.0 Å². The summed E-state index contributed by atoms with van der Waals surface area (Å²) in [4.78, 5) is 9.59. The lowest BCUT2D eigenvalue weighted by molar-refractivity contribution is 0.139. The van der Waals surface area contributed by atoms with Crippen LogP contribution in [0.4, 0.5) is 0 Å². The van der Waals surface area contributed by atoms with Crippen LogP contribution in [0.2, 0.25) is 0 Å². The molecule has 0 aromatic rings. The molecule has 1 saturated heterocycles.